The summed E-state index contributed by atoms with van der Waals surface area (Å²) in [6.07, 6.45) is -1.68. The highest BCUT2D eigenvalue weighted by Gasteiger charge is 2.43. The number of likely N-dealkylation sites (tertiary alicyclic amines) is 1. The molecule has 0 saturated carbocycles. The number of hydrogen-bond donors (Lipinski definition) is 2. The number of rotatable bonds is 1. The summed E-state index contributed by atoms with van der Waals surface area (Å²) in [6.45, 7) is 6.33. The Bertz CT molecular complexity index is 945. The molecule has 0 aromatic carbocycles. The predicted octanol–water partition coefficient (Wildman–Crippen LogP) is 2.84. The normalized spacial score (nSPS) is 24.6. The molecule has 1 spiro atoms. The van der Waals surface area contributed by atoms with Crippen molar-refractivity contribution in [1.29, 1.82) is 0 Å². The molecule has 8 nitrogen and oxygen atoms in total. The highest BCUT2D eigenvalue weighted by atomic mass is 19.4. The molecule has 35 heavy (non-hydrogen) atoms. The topological polar surface area (TPSA) is 101 Å². The second-order valence-electron chi connectivity index (χ2n) is 9.54. The minimum Gasteiger partial charge on any atom is -0.379 e. The Morgan fingerprint density at radius 2 is 1.80 bits per heavy atom. The van der Waals surface area contributed by atoms with E-state index in [-0.39, 0.29) is 42.2 Å². The fourth-order valence-electron chi connectivity index (χ4n) is 4.60. The molecule has 2 atom stereocenters. The van der Waals surface area contributed by atoms with Gasteiger partial charge >= 0.3 is 6.18 Å². The number of alkyl halides is 3. The number of halogens is 3. The van der Waals surface area contributed by atoms with Gasteiger partial charge in [-0.15, -0.1) is 0 Å². The van der Waals surface area contributed by atoms with Crippen LogP contribution in [-0.4, -0.2) is 66.0 Å². The van der Waals surface area contributed by atoms with Gasteiger partial charge in [-0.05, 0) is 58.6 Å². The van der Waals surface area contributed by atoms with E-state index in [2.05, 4.69) is 15.6 Å². The van der Waals surface area contributed by atoms with E-state index in [1.54, 1.807) is 11.8 Å². The average Bonchev–Trinajstić information content (AvgIpc) is 2.80. The maximum Gasteiger partial charge on any atom is 0.433 e. The van der Waals surface area contributed by atoms with Crippen LogP contribution in [0.15, 0.2) is 12.1 Å². The zero-order valence-electron chi connectivity index (χ0n) is 20.3. The Morgan fingerprint density at radius 1 is 1.11 bits per heavy atom. The molecule has 0 bridgehead atoms. The largest absolute Gasteiger partial charge is 0.433 e. The maximum absolute atomic E-state index is 13.3. The van der Waals surface area contributed by atoms with Crippen LogP contribution in [-0.2, 0) is 20.5 Å². The van der Waals surface area contributed by atoms with E-state index in [0.717, 1.165) is 25.0 Å². The van der Waals surface area contributed by atoms with Gasteiger partial charge in [0.05, 0.1) is 23.3 Å². The monoisotopic (exact) mass is 498 g/mol. The highest BCUT2D eigenvalue weighted by molar-refractivity contribution is 5.95. The van der Waals surface area contributed by atoms with Gasteiger partial charge in [-0.2, -0.15) is 13.2 Å². The molecule has 3 rings (SSSR count). The third-order valence-electron chi connectivity index (χ3n) is 6.79. The van der Waals surface area contributed by atoms with E-state index in [9.17, 15) is 27.6 Å². The summed E-state index contributed by atoms with van der Waals surface area (Å²) in [6, 6.07) is 1.08. The van der Waals surface area contributed by atoms with E-state index in [1.165, 1.54) is 6.92 Å². The number of aromatic nitrogens is 1. The molecule has 194 valence electrons. The summed E-state index contributed by atoms with van der Waals surface area (Å²) < 4.78 is 44.4. The third kappa shape index (κ3) is 6.50. The number of pyridine rings is 1. The first kappa shape index (κ1) is 26.9. The molecule has 3 amide bonds. The first-order valence-electron chi connectivity index (χ1n) is 12.0. The fraction of sp³-hybridized carbons (Fsp3) is 0.667. The number of ether oxygens (including phenoxy) is 1. The minimum absolute atomic E-state index is 0.0130. The summed E-state index contributed by atoms with van der Waals surface area (Å²) in [5.74, 6) is -0.909. The van der Waals surface area contributed by atoms with E-state index >= 15 is 0 Å². The molecule has 2 fully saturated rings. The van der Waals surface area contributed by atoms with Crippen molar-refractivity contribution in [2.45, 2.75) is 71.1 Å². The van der Waals surface area contributed by atoms with Gasteiger partial charge in [0.15, 0.2) is 0 Å². The Morgan fingerprint density at radius 3 is 2.43 bits per heavy atom. The van der Waals surface area contributed by atoms with Gasteiger partial charge in [-0.25, -0.2) is 4.98 Å². The molecule has 2 saturated heterocycles. The van der Waals surface area contributed by atoms with Crippen LogP contribution in [0.3, 0.4) is 0 Å². The van der Waals surface area contributed by atoms with Crippen molar-refractivity contribution in [1.82, 2.24) is 20.5 Å². The van der Waals surface area contributed by atoms with Crippen LogP contribution >= 0.6 is 0 Å². The lowest BCUT2D eigenvalue weighted by molar-refractivity contribution is -0.141. The Kier molecular flexibility index (Phi) is 8.40. The molecular weight excluding hydrogens is 465 g/mol. The van der Waals surface area contributed by atoms with E-state index in [0.29, 0.717) is 32.5 Å². The van der Waals surface area contributed by atoms with Gasteiger partial charge in [-0.3, -0.25) is 14.4 Å². The van der Waals surface area contributed by atoms with Gasteiger partial charge < -0.3 is 20.3 Å². The number of nitrogens with zero attached hydrogens (tertiary/aromatic N) is 2. The Labute approximate surface area is 203 Å². The zero-order chi connectivity index (χ0) is 25.8. The fourth-order valence-corrected chi connectivity index (χ4v) is 4.60. The molecule has 2 aliphatic rings. The number of carbonyl (C=O) groups is 3. The summed E-state index contributed by atoms with van der Waals surface area (Å²) >= 11 is 0. The second-order valence-corrected chi connectivity index (χ2v) is 9.54. The minimum atomic E-state index is -4.58. The first-order valence-corrected chi connectivity index (χ1v) is 12.0. The van der Waals surface area contributed by atoms with Crippen LogP contribution in [0.25, 0.3) is 0 Å². The van der Waals surface area contributed by atoms with Gasteiger partial charge in [0, 0.05) is 25.7 Å². The van der Waals surface area contributed by atoms with Gasteiger partial charge in [0.2, 0.25) is 11.8 Å². The predicted molar refractivity (Wildman–Crippen MR) is 121 cm³/mol. The number of hydrogen-bond acceptors (Lipinski definition) is 5. The van der Waals surface area contributed by atoms with Crippen molar-refractivity contribution in [3.63, 3.8) is 0 Å². The highest BCUT2D eigenvalue weighted by Crippen LogP contribution is 2.38. The van der Waals surface area contributed by atoms with Crippen LogP contribution in [0.4, 0.5) is 13.2 Å². The summed E-state index contributed by atoms with van der Waals surface area (Å²) in [5, 5.41) is 5.67. The summed E-state index contributed by atoms with van der Waals surface area (Å²) in [7, 11) is 0. The van der Waals surface area contributed by atoms with Crippen molar-refractivity contribution in [2.75, 3.05) is 26.3 Å². The first-order chi connectivity index (χ1) is 16.4. The Hall–Kier alpha value is -2.69. The van der Waals surface area contributed by atoms with Crippen LogP contribution in [0.2, 0.25) is 0 Å². The van der Waals surface area contributed by atoms with Gasteiger partial charge in [-0.1, -0.05) is 6.42 Å². The SMILES string of the molecule is Cc1nc(C(F)(F)F)ccc1C(=O)N1CCC2(CCCCOC[C@H](C)NC(=O)[C@H](C)NC2=O)CC1. The number of amides is 3. The lowest BCUT2D eigenvalue weighted by Gasteiger charge is -2.41. The average molecular weight is 499 g/mol. The smallest absolute Gasteiger partial charge is 0.379 e. The molecule has 3 heterocycles. The molecule has 0 aliphatic carbocycles. The van der Waals surface area contributed by atoms with Crippen LogP contribution in [0.1, 0.15) is 67.7 Å². The maximum atomic E-state index is 13.3. The second kappa shape index (κ2) is 10.9. The lowest BCUT2D eigenvalue weighted by atomic mass is 9.73. The summed E-state index contributed by atoms with van der Waals surface area (Å²) in [5.41, 5.74) is -1.65. The molecule has 2 aliphatic heterocycles. The molecule has 1 aromatic heterocycles. The van der Waals surface area contributed by atoms with Crippen LogP contribution < -0.4 is 10.6 Å². The molecule has 0 radical (unpaired) electrons. The zero-order valence-corrected chi connectivity index (χ0v) is 20.3. The van der Waals surface area contributed by atoms with Crippen molar-refractivity contribution in [3.05, 3.63) is 29.1 Å². The molecule has 11 heteroatoms. The third-order valence-corrected chi connectivity index (χ3v) is 6.79. The standard InChI is InChI=1S/C24H33F3N4O4/c1-15-14-35-13-5-4-8-23(22(34)30-17(3)20(32)28-15)9-11-31(12-10-23)21(33)18-6-7-19(24(25,26)27)29-16(18)2/h6-7,15,17H,4-5,8-14H2,1-3H3,(H,28,32)(H,30,34)/t15-,17-/m0/s1. The lowest BCUT2D eigenvalue weighted by Crippen LogP contribution is -2.55. The quantitative estimate of drug-likeness (QED) is 0.620. The number of carbonyl (C=O) groups excluding carboxylic acids is 3. The van der Waals surface area contributed by atoms with Crippen molar-refractivity contribution in [3.8, 4) is 0 Å². The summed E-state index contributed by atoms with van der Waals surface area (Å²) in [4.78, 5) is 43.9. The van der Waals surface area contributed by atoms with Crippen molar-refractivity contribution in [2.24, 2.45) is 5.41 Å². The van der Waals surface area contributed by atoms with E-state index in [1.807, 2.05) is 6.92 Å². The number of aryl methyl sites for hydroxylation is 1. The molecule has 0 unspecified atom stereocenters. The molecular formula is C24H33F3N4O4. The van der Waals surface area contributed by atoms with Crippen LogP contribution in [0, 0.1) is 12.3 Å². The van der Waals surface area contributed by atoms with Gasteiger partial charge in [0.25, 0.3) is 5.91 Å². The number of piperidine rings is 1. The van der Waals surface area contributed by atoms with Crippen LogP contribution in [0.5, 0.6) is 0 Å². The molecule has 2 N–H and O–H groups in total. The van der Waals surface area contributed by atoms with E-state index < -0.39 is 29.2 Å². The van der Waals surface area contributed by atoms with E-state index in [4.69, 9.17) is 4.74 Å². The molecule has 1 aromatic rings. The van der Waals surface area contributed by atoms with Crippen molar-refractivity contribution >= 4 is 17.7 Å². The number of nitrogens with one attached hydrogen (secondary N) is 2. The van der Waals surface area contributed by atoms with Crippen molar-refractivity contribution < 1.29 is 32.3 Å². The van der Waals surface area contributed by atoms with Gasteiger partial charge in [0.1, 0.15) is 11.7 Å². The Balaban J connectivity index is 1.72.